The summed E-state index contributed by atoms with van der Waals surface area (Å²) in [6.07, 6.45) is 7.31. The van der Waals surface area contributed by atoms with E-state index in [2.05, 4.69) is 34.3 Å². The number of esters is 1. The van der Waals surface area contributed by atoms with Gasteiger partial charge in [0.2, 0.25) is 0 Å². The average molecular weight is 282 g/mol. The van der Waals surface area contributed by atoms with Gasteiger partial charge >= 0.3 is 5.97 Å². The van der Waals surface area contributed by atoms with E-state index in [1.165, 1.54) is 12.8 Å². The van der Waals surface area contributed by atoms with E-state index in [0.717, 1.165) is 19.3 Å². The van der Waals surface area contributed by atoms with E-state index in [1.807, 2.05) is 19.9 Å². The Morgan fingerprint density at radius 3 is 2.30 bits per heavy atom. The van der Waals surface area contributed by atoms with Gasteiger partial charge in [-0.2, -0.15) is 0 Å². The largest absolute Gasteiger partial charge is 0.465 e. The van der Waals surface area contributed by atoms with Crippen LogP contribution in [0.5, 0.6) is 0 Å². The standard InChI is InChI=1S/C18H34O2/c1-8-11-12-15(9-2)13-20-16(19)18(6,7)14-17(4,5)10-3/h10,15H,3,8-9,11-14H2,1-2,4-7H3. The molecule has 0 saturated heterocycles. The minimum atomic E-state index is -0.458. The Bertz CT molecular complexity index is 303. The number of carbonyl (C=O) groups excluding carboxylic acids is 1. The third-order valence-electron chi connectivity index (χ3n) is 4.00. The minimum absolute atomic E-state index is 0.0467. The first kappa shape index (κ1) is 19.2. The molecule has 0 radical (unpaired) electrons. The summed E-state index contributed by atoms with van der Waals surface area (Å²) in [5.41, 5.74) is -0.504. The molecule has 118 valence electrons. The zero-order valence-corrected chi connectivity index (χ0v) is 14.4. The summed E-state index contributed by atoms with van der Waals surface area (Å²) in [5.74, 6) is 0.421. The molecule has 0 aliphatic carbocycles. The SMILES string of the molecule is C=CC(C)(C)CC(C)(C)C(=O)OCC(CC)CCCC. The van der Waals surface area contributed by atoms with Crippen molar-refractivity contribution in [3.8, 4) is 0 Å². The topological polar surface area (TPSA) is 26.3 Å². The maximum Gasteiger partial charge on any atom is 0.311 e. The summed E-state index contributed by atoms with van der Waals surface area (Å²) >= 11 is 0. The Hall–Kier alpha value is -0.790. The van der Waals surface area contributed by atoms with Crippen LogP contribution in [-0.4, -0.2) is 12.6 Å². The lowest BCUT2D eigenvalue weighted by Gasteiger charge is -2.31. The van der Waals surface area contributed by atoms with E-state index in [9.17, 15) is 4.79 Å². The highest BCUT2D eigenvalue weighted by atomic mass is 16.5. The normalized spacial score (nSPS) is 13.9. The lowest BCUT2D eigenvalue weighted by Crippen LogP contribution is -2.32. The second-order valence-electron chi connectivity index (χ2n) is 7.27. The molecule has 1 atom stereocenters. The summed E-state index contributed by atoms with van der Waals surface area (Å²) in [4.78, 5) is 12.3. The minimum Gasteiger partial charge on any atom is -0.465 e. The molecule has 0 aliphatic heterocycles. The maximum absolute atomic E-state index is 12.3. The fraction of sp³-hybridized carbons (Fsp3) is 0.833. The molecule has 0 amide bonds. The summed E-state index contributed by atoms with van der Waals surface area (Å²) in [6, 6.07) is 0. The van der Waals surface area contributed by atoms with E-state index < -0.39 is 5.41 Å². The van der Waals surface area contributed by atoms with Gasteiger partial charge in [0.15, 0.2) is 0 Å². The predicted molar refractivity (Wildman–Crippen MR) is 86.6 cm³/mol. The molecule has 2 nitrogen and oxygen atoms in total. The molecule has 0 aliphatic rings. The number of allylic oxidation sites excluding steroid dienone is 1. The van der Waals surface area contributed by atoms with Crippen LogP contribution in [0.2, 0.25) is 0 Å². The molecule has 1 unspecified atom stereocenters. The highest BCUT2D eigenvalue weighted by Gasteiger charge is 2.34. The van der Waals surface area contributed by atoms with Gasteiger partial charge in [-0.15, -0.1) is 6.58 Å². The summed E-state index contributed by atoms with van der Waals surface area (Å²) in [5, 5.41) is 0. The lowest BCUT2D eigenvalue weighted by atomic mass is 9.75. The first-order chi connectivity index (χ1) is 9.18. The monoisotopic (exact) mass is 282 g/mol. The predicted octanol–water partition coefficient (Wildman–Crippen LogP) is 5.37. The molecule has 0 heterocycles. The van der Waals surface area contributed by atoms with E-state index in [0.29, 0.717) is 12.5 Å². The average Bonchev–Trinajstić information content (AvgIpc) is 2.37. The number of hydrogen-bond donors (Lipinski definition) is 0. The van der Waals surface area contributed by atoms with Crippen LogP contribution in [-0.2, 0) is 9.53 Å². The van der Waals surface area contributed by atoms with Gasteiger partial charge < -0.3 is 4.74 Å². The molecule has 20 heavy (non-hydrogen) atoms. The van der Waals surface area contributed by atoms with Gasteiger partial charge in [0.1, 0.15) is 0 Å². The van der Waals surface area contributed by atoms with E-state index in [1.54, 1.807) is 0 Å². The molecule has 0 N–H and O–H groups in total. The van der Waals surface area contributed by atoms with Gasteiger partial charge in [0.05, 0.1) is 12.0 Å². The van der Waals surface area contributed by atoms with Crippen LogP contribution in [0.25, 0.3) is 0 Å². The Balaban J connectivity index is 4.40. The third kappa shape index (κ3) is 7.12. The van der Waals surface area contributed by atoms with Crippen molar-refractivity contribution in [3.05, 3.63) is 12.7 Å². The van der Waals surface area contributed by atoms with Gasteiger partial charge in [-0.1, -0.05) is 53.0 Å². The van der Waals surface area contributed by atoms with Crippen molar-refractivity contribution in [3.63, 3.8) is 0 Å². The van der Waals surface area contributed by atoms with Crippen LogP contribution in [0.1, 0.15) is 73.6 Å². The molecule has 0 bridgehead atoms. The highest BCUT2D eigenvalue weighted by molar-refractivity contribution is 5.76. The number of unbranched alkanes of at least 4 members (excludes halogenated alkanes) is 1. The fourth-order valence-electron chi connectivity index (χ4n) is 2.57. The van der Waals surface area contributed by atoms with E-state index >= 15 is 0 Å². The van der Waals surface area contributed by atoms with Crippen molar-refractivity contribution >= 4 is 5.97 Å². The van der Waals surface area contributed by atoms with Crippen molar-refractivity contribution in [2.24, 2.45) is 16.7 Å². The Morgan fingerprint density at radius 2 is 1.85 bits per heavy atom. The molecule has 0 aromatic heterocycles. The molecular weight excluding hydrogens is 248 g/mol. The smallest absolute Gasteiger partial charge is 0.311 e. The molecule has 0 fully saturated rings. The van der Waals surface area contributed by atoms with Crippen molar-refractivity contribution in [1.29, 1.82) is 0 Å². The molecule has 0 aromatic rings. The Morgan fingerprint density at radius 1 is 1.25 bits per heavy atom. The van der Waals surface area contributed by atoms with Gasteiger partial charge in [-0.25, -0.2) is 0 Å². The van der Waals surface area contributed by atoms with Crippen LogP contribution in [0.15, 0.2) is 12.7 Å². The number of carbonyl (C=O) groups is 1. The Kier molecular flexibility index (Phi) is 8.15. The number of rotatable bonds is 10. The highest BCUT2D eigenvalue weighted by Crippen LogP contribution is 2.35. The second kappa shape index (κ2) is 8.49. The van der Waals surface area contributed by atoms with Gasteiger partial charge in [0, 0.05) is 0 Å². The van der Waals surface area contributed by atoms with E-state index in [4.69, 9.17) is 4.74 Å². The summed E-state index contributed by atoms with van der Waals surface area (Å²) in [7, 11) is 0. The van der Waals surface area contributed by atoms with Crippen molar-refractivity contribution in [2.75, 3.05) is 6.61 Å². The molecule has 0 spiro atoms. The van der Waals surface area contributed by atoms with Gasteiger partial charge in [0.25, 0.3) is 0 Å². The number of hydrogen-bond acceptors (Lipinski definition) is 2. The van der Waals surface area contributed by atoms with Gasteiger partial charge in [-0.3, -0.25) is 4.79 Å². The van der Waals surface area contributed by atoms with Crippen LogP contribution in [0.4, 0.5) is 0 Å². The summed E-state index contributed by atoms with van der Waals surface area (Å²) < 4.78 is 5.57. The fourth-order valence-corrected chi connectivity index (χ4v) is 2.57. The second-order valence-corrected chi connectivity index (χ2v) is 7.27. The van der Waals surface area contributed by atoms with E-state index in [-0.39, 0.29) is 11.4 Å². The number of ether oxygens (including phenoxy) is 1. The zero-order valence-electron chi connectivity index (χ0n) is 14.4. The quantitative estimate of drug-likeness (QED) is 0.397. The van der Waals surface area contributed by atoms with Crippen LogP contribution in [0.3, 0.4) is 0 Å². The van der Waals surface area contributed by atoms with Crippen molar-refractivity contribution in [2.45, 2.75) is 73.6 Å². The zero-order chi connectivity index (χ0) is 15.8. The van der Waals surface area contributed by atoms with Crippen LogP contribution >= 0.6 is 0 Å². The first-order valence-electron chi connectivity index (χ1n) is 7.99. The molecule has 0 rings (SSSR count). The summed E-state index contributed by atoms with van der Waals surface area (Å²) in [6.45, 7) is 16.9. The lowest BCUT2D eigenvalue weighted by molar-refractivity contribution is -0.157. The third-order valence-corrected chi connectivity index (χ3v) is 4.00. The maximum atomic E-state index is 12.3. The van der Waals surface area contributed by atoms with Crippen LogP contribution < -0.4 is 0 Å². The Labute approximate surface area is 126 Å². The van der Waals surface area contributed by atoms with Crippen molar-refractivity contribution < 1.29 is 9.53 Å². The molecular formula is C18H34O2. The molecule has 0 saturated carbocycles. The van der Waals surface area contributed by atoms with Gasteiger partial charge in [-0.05, 0) is 38.0 Å². The first-order valence-corrected chi connectivity index (χ1v) is 7.99. The van der Waals surface area contributed by atoms with Crippen molar-refractivity contribution in [1.82, 2.24) is 0 Å². The molecule has 2 heteroatoms. The van der Waals surface area contributed by atoms with Crippen LogP contribution in [0, 0.1) is 16.7 Å². The molecule has 0 aromatic carbocycles.